The monoisotopic (exact) mass is 662 g/mol. The first-order valence-electron chi connectivity index (χ1n) is 15.3. The van der Waals surface area contributed by atoms with Gasteiger partial charge in [0.1, 0.15) is 23.3 Å². The highest BCUT2D eigenvalue weighted by Gasteiger charge is 2.58. The van der Waals surface area contributed by atoms with E-state index in [-0.39, 0.29) is 5.75 Å². The van der Waals surface area contributed by atoms with Gasteiger partial charge in [-0.2, -0.15) is 10.3 Å². The van der Waals surface area contributed by atoms with Crippen molar-refractivity contribution in [2.75, 3.05) is 6.61 Å². The number of ether oxygens (including phenoxy) is 3. The molecule has 46 heavy (non-hydrogen) atoms. The van der Waals surface area contributed by atoms with Gasteiger partial charge in [0.25, 0.3) is 5.56 Å². The fourth-order valence-corrected chi connectivity index (χ4v) is 6.62. The number of esters is 2. The zero-order valence-electron chi connectivity index (χ0n) is 27.0. The number of hydrogen-bond donors (Lipinski definition) is 2. The van der Waals surface area contributed by atoms with E-state index in [4.69, 9.17) is 23.3 Å². The molecule has 2 N–H and O–H groups in total. The van der Waals surface area contributed by atoms with Gasteiger partial charge in [-0.15, -0.1) is 0 Å². The van der Waals surface area contributed by atoms with Gasteiger partial charge in [-0.05, 0) is 52.7 Å². The molecule has 1 aromatic carbocycles. The molecule has 0 saturated carbocycles. The average molecular weight is 663 g/mol. The van der Waals surface area contributed by atoms with Gasteiger partial charge in [0.05, 0.1) is 24.7 Å². The Balaban J connectivity index is 2.00. The number of nitrogens with zero attached hydrogens (tertiary/aromatic N) is 2. The van der Waals surface area contributed by atoms with E-state index in [1.54, 1.807) is 44.2 Å². The minimum Gasteiger partial charge on any atom is -0.462 e. The smallest absolute Gasteiger partial charge is 0.459 e. The van der Waals surface area contributed by atoms with Crippen LogP contribution in [-0.2, 0) is 32.9 Å². The SMILES string of the molecule is CCCC(CCC)C(=O)O[C@@H]1C(COP(=O)(N[C@@H](C)C(=O)OC(C)C)Oc2ccccc2)O[C@@H](n2ccc(=O)[nH]c2=O)[C@]1(C)C#N. The number of aromatic amines is 1. The summed E-state index contributed by atoms with van der Waals surface area (Å²) < 4.78 is 44.1. The predicted octanol–water partition coefficient (Wildman–Crippen LogP) is 4.23. The third-order valence-electron chi connectivity index (χ3n) is 7.38. The number of carbonyl (C=O) groups is 2. The molecule has 1 aliphatic heterocycles. The van der Waals surface area contributed by atoms with Crippen LogP contribution in [0.25, 0.3) is 0 Å². The summed E-state index contributed by atoms with van der Waals surface area (Å²) in [4.78, 5) is 52.7. The van der Waals surface area contributed by atoms with Crippen molar-refractivity contribution in [1.29, 1.82) is 5.26 Å². The quantitative estimate of drug-likeness (QED) is 0.193. The first-order valence-corrected chi connectivity index (χ1v) is 16.9. The van der Waals surface area contributed by atoms with Gasteiger partial charge >= 0.3 is 25.4 Å². The third-order valence-corrected chi connectivity index (χ3v) is 9.02. The summed E-state index contributed by atoms with van der Waals surface area (Å²) in [5.41, 5.74) is -3.17. The second kappa shape index (κ2) is 16.2. The zero-order valence-corrected chi connectivity index (χ0v) is 27.9. The molecule has 0 spiro atoms. The summed E-state index contributed by atoms with van der Waals surface area (Å²) in [6.45, 7) is 9.56. The summed E-state index contributed by atoms with van der Waals surface area (Å²) in [6, 6.07) is 10.2. The summed E-state index contributed by atoms with van der Waals surface area (Å²) in [5, 5.41) is 13.0. The molecule has 2 heterocycles. The van der Waals surface area contributed by atoms with Crippen molar-refractivity contribution in [1.82, 2.24) is 14.6 Å². The van der Waals surface area contributed by atoms with E-state index in [1.165, 1.54) is 20.0 Å². The van der Waals surface area contributed by atoms with Gasteiger partial charge in [-0.25, -0.2) is 9.36 Å². The molecule has 1 fully saturated rings. The van der Waals surface area contributed by atoms with E-state index in [9.17, 15) is 29.0 Å². The molecule has 14 nitrogen and oxygen atoms in total. The Morgan fingerprint density at radius 1 is 1.11 bits per heavy atom. The molecule has 1 aromatic heterocycles. The first-order chi connectivity index (χ1) is 21.8. The molecule has 0 aliphatic carbocycles. The lowest BCUT2D eigenvalue weighted by molar-refractivity contribution is -0.161. The molecule has 15 heteroatoms. The van der Waals surface area contributed by atoms with Gasteiger partial charge in [-0.1, -0.05) is 44.9 Å². The number of H-pyrrole nitrogens is 1. The first kappa shape index (κ1) is 36.7. The number of para-hydroxylation sites is 1. The Morgan fingerprint density at radius 2 is 1.76 bits per heavy atom. The number of hydrogen-bond acceptors (Lipinski definition) is 11. The van der Waals surface area contributed by atoms with E-state index in [2.05, 4.69) is 16.1 Å². The molecule has 0 amide bonds. The molecule has 6 atom stereocenters. The van der Waals surface area contributed by atoms with Gasteiger partial charge in [0, 0.05) is 12.3 Å². The molecule has 2 aromatic rings. The zero-order chi connectivity index (χ0) is 34.1. The van der Waals surface area contributed by atoms with Crippen LogP contribution < -0.4 is 20.9 Å². The maximum atomic E-state index is 14.1. The Morgan fingerprint density at radius 3 is 2.33 bits per heavy atom. The van der Waals surface area contributed by atoms with Crippen molar-refractivity contribution in [3.63, 3.8) is 0 Å². The minimum atomic E-state index is -4.38. The minimum absolute atomic E-state index is 0.166. The molecule has 0 bridgehead atoms. The topological polar surface area (TPSA) is 188 Å². The Hall–Kier alpha value is -3.76. The lowest BCUT2D eigenvalue weighted by Crippen LogP contribution is -2.44. The number of nitriles is 1. The summed E-state index contributed by atoms with van der Waals surface area (Å²) >= 11 is 0. The number of benzene rings is 1. The summed E-state index contributed by atoms with van der Waals surface area (Å²) in [5.74, 6) is -1.53. The maximum Gasteiger partial charge on any atom is 0.459 e. The fourth-order valence-electron chi connectivity index (χ4n) is 5.12. The van der Waals surface area contributed by atoms with Crippen LogP contribution in [0.15, 0.2) is 52.2 Å². The standard InChI is InChI=1S/C31H43N4O10P/c1-7-12-22(13-8-2)28(38)44-26-24(43-29(31(26,6)19-32)35-17-16-25(36)33-30(35)39)18-41-46(40,45-23-14-10-9-11-15-23)34-21(5)27(37)42-20(3)4/h9-11,14-17,20-22,24,26,29H,7-8,12-13,18H2,1-6H3,(H,34,40)(H,33,36,39)/t21-,24?,26+,29+,31+,46?/m0/s1. The summed E-state index contributed by atoms with van der Waals surface area (Å²) in [6.07, 6.45) is -0.588. The highest BCUT2D eigenvalue weighted by atomic mass is 31.2. The van der Waals surface area contributed by atoms with Gasteiger partial charge in [-0.3, -0.25) is 28.5 Å². The van der Waals surface area contributed by atoms with Crippen molar-refractivity contribution in [3.8, 4) is 11.8 Å². The fraction of sp³-hybridized carbons (Fsp3) is 0.581. The molecule has 3 rings (SSSR count). The van der Waals surface area contributed by atoms with Gasteiger partial charge in [0.15, 0.2) is 12.3 Å². The maximum absolute atomic E-state index is 14.1. The van der Waals surface area contributed by atoms with Crippen molar-refractivity contribution >= 4 is 19.7 Å². The summed E-state index contributed by atoms with van der Waals surface area (Å²) in [7, 11) is -4.38. The lowest BCUT2D eigenvalue weighted by atomic mass is 9.83. The highest BCUT2D eigenvalue weighted by Crippen LogP contribution is 2.50. The van der Waals surface area contributed by atoms with Crippen LogP contribution >= 0.6 is 7.75 Å². The Labute approximate surface area is 267 Å². The number of aromatic nitrogens is 2. The van der Waals surface area contributed by atoms with Crippen LogP contribution in [-0.4, -0.2) is 52.5 Å². The van der Waals surface area contributed by atoms with Crippen LogP contribution in [0.3, 0.4) is 0 Å². The van der Waals surface area contributed by atoms with Crippen LogP contribution in [0, 0.1) is 22.7 Å². The van der Waals surface area contributed by atoms with Crippen LogP contribution in [0.1, 0.15) is 73.5 Å². The normalized spacial score (nSPS) is 23.0. The van der Waals surface area contributed by atoms with E-state index in [0.29, 0.717) is 12.8 Å². The second-order valence-electron chi connectivity index (χ2n) is 11.6. The molecule has 1 aliphatic rings. The van der Waals surface area contributed by atoms with Gasteiger partial charge < -0.3 is 18.7 Å². The van der Waals surface area contributed by atoms with E-state index in [1.807, 2.05) is 13.8 Å². The van der Waals surface area contributed by atoms with Crippen LogP contribution in [0.5, 0.6) is 5.75 Å². The predicted molar refractivity (Wildman–Crippen MR) is 167 cm³/mol. The van der Waals surface area contributed by atoms with E-state index in [0.717, 1.165) is 23.5 Å². The highest BCUT2D eigenvalue weighted by molar-refractivity contribution is 7.52. The number of nitrogens with one attached hydrogen (secondary N) is 2. The average Bonchev–Trinajstić information content (AvgIpc) is 3.27. The molecule has 252 valence electrons. The molecule has 0 radical (unpaired) electrons. The van der Waals surface area contributed by atoms with Crippen LogP contribution in [0.4, 0.5) is 0 Å². The Bertz CT molecular complexity index is 1530. The number of carbonyl (C=O) groups excluding carboxylic acids is 2. The van der Waals surface area contributed by atoms with Crippen molar-refractivity contribution < 1.29 is 37.4 Å². The molecule has 1 saturated heterocycles. The van der Waals surface area contributed by atoms with Gasteiger partial charge in [0.2, 0.25) is 0 Å². The van der Waals surface area contributed by atoms with Crippen molar-refractivity contribution in [2.45, 2.75) is 97.8 Å². The Kier molecular flexibility index (Phi) is 12.9. The van der Waals surface area contributed by atoms with E-state index >= 15 is 0 Å². The van der Waals surface area contributed by atoms with Crippen molar-refractivity contribution in [3.05, 3.63) is 63.4 Å². The number of rotatable bonds is 16. The lowest BCUT2D eigenvalue weighted by Gasteiger charge is -2.30. The second-order valence-corrected chi connectivity index (χ2v) is 13.3. The van der Waals surface area contributed by atoms with Crippen molar-refractivity contribution in [2.24, 2.45) is 11.3 Å². The largest absolute Gasteiger partial charge is 0.462 e. The molecule has 2 unspecified atom stereocenters. The molecular formula is C31H43N4O10P. The third kappa shape index (κ3) is 9.16. The van der Waals surface area contributed by atoms with E-state index < -0.39 is 79.5 Å². The molecular weight excluding hydrogens is 619 g/mol. The van der Waals surface area contributed by atoms with Crippen LogP contribution in [0.2, 0.25) is 0 Å².